The molecule has 0 aliphatic rings. The van der Waals surface area contributed by atoms with Crippen LogP contribution in [0.25, 0.3) is 11.0 Å². The molecule has 1 unspecified atom stereocenters. The molecule has 0 bridgehead atoms. The highest BCUT2D eigenvalue weighted by Gasteiger charge is 2.07. The zero-order chi connectivity index (χ0) is 14.5. The molecule has 0 spiro atoms. The van der Waals surface area contributed by atoms with Crippen molar-refractivity contribution < 1.29 is 4.79 Å². The predicted molar refractivity (Wildman–Crippen MR) is 80.4 cm³/mol. The van der Waals surface area contributed by atoms with Gasteiger partial charge in [0.05, 0.1) is 11.0 Å². The number of carbonyl (C=O) groups excluding carboxylic acids is 1. The maximum atomic E-state index is 11.6. The number of hydrogen-bond donors (Lipinski definition) is 2. The highest BCUT2D eigenvalue weighted by molar-refractivity contribution is 5.76. The molecule has 0 aliphatic carbocycles. The number of fused-ring (bicyclic) bond motifs is 1. The second-order valence-corrected chi connectivity index (χ2v) is 5.17. The Hall–Kier alpha value is -1.88. The lowest BCUT2D eigenvalue weighted by atomic mass is 10.2. The molecule has 0 saturated heterocycles. The van der Waals surface area contributed by atoms with Crippen LogP contribution in [0.4, 0.5) is 0 Å². The number of imidazole rings is 1. The van der Waals surface area contributed by atoms with E-state index in [1.807, 2.05) is 38.1 Å². The number of benzene rings is 1. The first-order valence-electron chi connectivity index (χ1n) is 7.02. The third-order valence-electron chi connectivity index (χ3n) is 3.33. The van der Waals surface area contributed by atoms with Gasteiger partial charge < -0.3 is 15.6 Å². The third kappa shape index (κ3) is 3.57. The molecule has 5 nitrogen and oxygen atoms in total. The van der Waals surface area contributed by atoms with Crippen molar-refractivity contribution in [1.82, 2.24) is 14.9 Å². The largest absolute Gasteiger partial charge is 0.354 e. The molecule has 108 valence electrons. The van der Waals surface area contributed by atoms with Crippen molar-refractivity contribution in [2.75, 3.05) is 6.54 Å². The Bertz CT molecular complexity index is 589. The SMILES string of the molecule is Cc1nc2ccccc2n1CCNC(=O)CCC(C)N. The lowest BCUT2D eigenvalue weighted by Gasteiger charge is -2.09. The van der Waals surface area contributed by atoms with E-state index in [0.717, 1.165) is 29.8 Å². The van der Waals surface area contributed by atoms with Crippen LogP contribution in [0.1, 0.15) is 25.6 Å². The van der Waals surface area contributed by atoms with E-state index in [-0.39, 0.29) is 11.9 Å². The van der Waals surface area contributed by atoms with Crippen LogP contribution < -0.4 is 11.1 Å². The topological polar surface area (TPSA) is 72.9 Å². The number of nitrogens with zero attached hydrogens (tertiary/aromatic N) is 2. The highest BCUT2D eigenvalue weighted by Crippen LogP contribution is 2.14. The number of nitrogens with two attached hydrogens (primary N) is 1. The van der Waals surface area contributed by atoms with E-state index in [2.05, 4.69) is 14.9 Å². The van der Waals surface area contributed by atoms with Crippen molar-refractivity contribution in [3.8, 4) is 0 Å². The van der Waals surface area contributed by atoms with Crippen molar-refractivity contribution in [2.45, 2.75) is 39.3 Å². The van der Waals surface area contributed by atoms with Gasteiger partial charge in [-0.2, -0.15) is 0 Å². The third-order valence-corrected chi connectivity index (χ3v) is 3.33. The average molecular weight is 274 g/mol. The summed E-state index contributed by atoms with van der Waals surface area (Å²) in [6.45, 7) is 5.24. The van der Waals surface area contributed by atoms with Gasteiger partial charge in [-0.3, -0.25) is 4.79 Å². The molecule has 5 heteroatoms. The van der Waals surface area contributed by atoms with Gasteiger partial charge in [0, 0.05) is 25.6 Å². The number of carbonyl (C=O) groups is 1. The highest BCUT2D eigenvalue weighted by atomic mass is 16.1. The summed E-state index contributed by atoms with van der Waals surface area (Å²) < 4.78 is 2.13. The molecule has 0 fully saturated rings. The van der Waals surface area contributed by atoms with E-state index >= 15 is 0 Å². The average Bonchev–Trinajstić information content (AvgIpc) is 2.73. The Morgan fingerprint density at radius 2 is 2.20 bits per heavy atom. The number of aromatic nitrogens is 2. The van der Waals surface area contributed by atoms with Gasteiger partial charge in [-0.15, -0.1) is 0 Å². The number of hydrogen-bond acceptors (Lipinski definition) is 3. The maximum absolute atomic E-state index is 11.6. The van der Waals surface area contributed by atoms with Crippen molar-refractivity contribution in [3.63, 3.8) is 0 Å². The molecule has 0 aliphatic heterocycles. The minimum Gasteiger partial charge on any atom is -0.354 e. The quantitative estimate of drug-likeness (QED) is 0.840. The number of amides is 1. The van der Waals surface area contributed by atoms with Crippen LogP contribution in [0.2, 0.25) is 0 Å². The first-order valence-corrected chi connectivity index (χ1v) is 7.02. The van der Waals surface area contributed by atoms with Gasteiger partial charge in [0.25, 0.3) is 0 Å². The molecule has 20 heavy (non-hydrogen) atoms. The minimum atomic E-state index is 0.0596. The molecule has 2 aromatic rings. The molecule has 1 aromatic heterocycles. The number of aryl methyl sites for hydroxylation is 1. The van der Waals surface area contributed by atoms with E-state index in [0.29, 0.717) is 13.0 Å². The van der Waals surface area contributed by atoms with Gasteiger partial charge >= 0.3 is 0 Å². The van der Waals surface area contributed by atoms with Crippen molar-refractivity contribution in [3.05, 3.63) is 30.1 Å². The molecular formula is C15H22N4O. The minimum absolute atomic E-state index is 0.0596. The van der Waals surface area contributed by atoms with Gasteiger partial charge in [-0.05, 0) is 32.4 Å². The molecule has 0 radical (unpaired) electrons. The molecule has 1 heterocycles. The summed E-state index contributed by atoms with van der Waals surface area (Å²) in [4.78, 5) is 16.1. The Kier molecular flexibility index (Phi) is 4.74. The molecule has 1 aromatic carbocycles. The van der Waals surface area contributed by atoms with Gasteiger partial charge in [0.15, 0.2) is 0 Å². The van der Waals surface area contributed by atoms with E-state index in [1.165, 1.54) is 0 Å². The van der Waals surface area contributed by atoms with Crippen LogP contribution in [-0.4, -0.2) is 28.0 Å². The van der Waals surface area contributed by atoms with Crippen LogP contribution in [0.5, 0.6) is 0 Å². The summed E-state index contributed by atoms with van der Waals surface area (Å²) >= 11 is 0. The van der Waals surface area contributed by atoms with Crippen LogP contribution in [0.15, 0.2) is 24.3 Å². The number of para-hydroxylation sites is 2. The van der Waals surface area contributed by atoms with Gasteiger partial charge in [0.1, 0.15) is 5.82 Å². The fraction of sp³-hybridized carbons (Fsp3) is 0.467. The second-order valence-electron chi connectivity index (χ2n) is 5.17. The second kappa shape index (κ2) is 6.52. The molecule has 0 saturated carbocycles. The zero-order valence-electron chi connectivity index (χ0n) is 12.1. The normalized spacial score (nSPS) is 12.6. The van der Waals surface area contributed by atoms with Crippen molar-refractivity contribution >= 4 is 16.9 Å². The summed E-state index contributed by atoms with van der Waals surface area (Å²) in [5.41, 5.74) is 7.74. The first-order chi connectivity index (χ1) is 9.58. The smallest absolute Gasteiger partial charge is 0.220 e. The number of rotatable bonds is 6. The molecular weight excluding hydrogens is 252 g/mol. The van der Waals surface area contributed by atoms with E-state index < -0.39 is 0 Å². The standard InChI is InChI=1S/C15H22N4O/c1-11(16)7-8-15(20)17-9-10-19-12(2)18-13-5-3-4-6-14(13)19/h3-6,11H,7-10,16H2,1-2H3,(H,17,20). The lowest BCUT2D eigenvalue weighted by Crippen LogP contribution is -2.28. The predicted octanol–water partition coefficient (Wildman–Crippen LogP) is 1.59. The van der Waals surface area contributed by atoms with E-state index in [1.54, 1.807) is 0 Å². The Morgan fingerprint density at radius 3 is 2.95 bits per heavy atom. The first kappa shape index (κ1) is 14.5. The van der Waals surface area contributed by atoms with Crippen LogP contribution >= 0.6 is 0 Å². The zero-order valence-corrected chi connectivity index (χ0v) is 12.1. The van der Waals surface area contributed by atoms with Gasteiger partial charge in [-0.1, -0.05) is 12.1 Å². The summed E-state index contributed by atoms with van der Waals surface area (Å²) in [5.74, 6) is 1.03. The maximum Gasteiger partial charge on any atom is 0.220 e. The molecule has 1 atom stereocenters. The summed E-state index contributed by atoms with van der Waals surface area (Å²) in [5, 5.41) is 2.93. The summed E-state index contributed by atoms with van der Waals surface area (Å²) in [7, 11) is 0. The summed E-state index contributed by atoms with van der Waals surface area (Å²) in [6.07, 6.45) is 1.21. The lowest BCUT2D eigenvalue weighted by molar-refractivity contribution is -0.121. The van der Waals surface area contributed by atoms with Gasteiger partial charge in [0.2, 0.25) is 5.91 Å². The van der Waals surface area contributed by atoms with Gasteiger partial charge in [-0.25, -0.2) is 4.98 Å². The van der Waals surface area contributed by atoms with Crippen molar-refractivity contribution in [1.29, 1.82) is 0 Å². The van der Waals surface area contributed by atoms with E-state index in [4.69, 9.17) is 5.73 Å². The molecule has 2 rings (SSSR count). The summed E-state index contributed by atoms with van der Waals surface area (Å²) in [6, 6.07) is 8.10. The van der Waals surface area contributed by atoms with Crippen molar-refractivity contribution in [2.24, 2.45) is 5.73 Å². The number of nitrogens with one attached hydrogen (secondary N) is 1. The van der Waals surface area contributed by atoms with Crippen LogP contribution in [0.3, 0.4) is 0 Å². The Morgan fingerprint density at radius 1 is 1.45 bits per heavy atom. The van der Waals surface area contributed by atoms with Crippen LogP contribution in [0, 0.1) is 6.92 Å². The Labute approximate surface area is 119 Å². The van der Waals surface area contributed by atoms with Crippen LogP contribution in [-0.2, 0) is 11.3 Å². The Balaban J connectivity index is 1.90. The fourth-order valence-corrected chi connectivity index (χ4v) is 2.23. The van der Waals surface area contributed by atoms with E-state index in [9.17, 15) is 4.79 Å². The fourth-order valence-electron chi connectivity index (χ4n) is 2.23. The molecule has 3 N–H and O–H groups in total. The molecule has 1 amide bonds. The monoisotopic (exact) mass is 274 g/mol.